The van der Waals surface area contributed by atoms with Crippen LogP contribution < -0.4 is 16.0 Å². The summed E-state index contributed by atoms with van der Waals surface area (Å²) in [6.45, 7) is 7.13. The summed E-state index contributed by atoms with van der Waals surface area (Å²) in [5, 5.41) is 3.56. The predicted octanol–water partition coefficient (Wildman–Crippen LogP) is 2.57. The summed E-state index contributed by atoms with van der Waals surface area (Å²) in [7, 11) is 3.77. The van der Waals surface area contributed by atoms with Crippen LogP contribution in [0, 0.1) is 5.92 Å². The van der Waals surface area contributed by atoms with Gasteiger partial charge >= 0.3 is 0 Å². The number of nitrogens with two attached hydrogens (primary N) is 1. The summed E-state index contributed by atoms with van der Waals surface area (Å²) < 4.78 is 0. The fourth-order valence-corrected chi connectivity index (χ4v) is 2.60. The molecule has 6 nitrogen and oxygen atoms in total. The van der Waals surface area contributed by atoms with Gasteiger partial charge in [0.15, 0.2) is 0 Å². The second kappa shape index (κ2) is 8.06. The van der Waals surface area contributed by atoms with E-state index in [1.54, 1.807) is 0 Å². The van der Waals surface area contributed by atoms with Crippen molar-refractivity contribution in [2.24, 2.45) is 5.92 Å². The summed E-state index contributed by atoms with van der Waals surface area (Å²) in [6, 6.07) is 9.01. The summed E-state index contributed by atoms with van der Waals surface area (Å²) in [5.74, 6) is 1.93. The normalized spacial score (nSPS) is 12.4. The van der Waals surface area contributed by atoms with Crippen molar-refractivity contribution in [3.8, 4) is 0 Å². The van der Waals surface area contributed by atoms with Gasteiger partial charge in [-0.3, -0.25) is 0 Å². The molecule has 0 unspecified atom stereocenters. The standard InChI is InChI=1S/C18H28N6/c1-6-13-7-9-14(10-8-13)16(12(2)3)20-11-15-21-17(19)23-18(22-15)24(4)5/h7-10,12,16,20H,6,11H2,1-5H3,(H2,19,21,22,23)/t16-/m0/s1. The van der Waals surface area contributed by atoms with Crippen LogP contribution in [-0.2, 0) is 13.0 Å². The van der Waals surface area contributed by atoms with Crippen LogP contribution in [0.4, 0.5) is 11.9 Å². The minimum absolute atomic E-state index is 0.233. The van der Waals surface area contributed by atoms with Crippen molar-refractivity contribution in [3.05, 3.63) is 41.2 Å². The second-order valence-electron chi connectivity index (χ2n) is 6.50. The van der Waals surface area contributed by atoms with Crippen molar-refractivity contribution in [3.63, 3.8) is 0 Å². The molecule has 2 rings (SSSR count). The molecule has 0 saturated heterocycles. The zero-order valence-electron chi connectivity index (χ0n) is 15.2. The van der Waals surface area contributed by atoms with Gasteiger partial charge in [-0.2, -0.15) is 15.0 Å². The Kier molecular flexibility index (Phi) is 6.09. The minimum atomic E-state index is 0.233. The Bertz CT molecular complexity index is 651. The van der Waals surface area contributed by atoms with Crippen LogP contribution in [-0.4, -0.2) is 29.0 Å². The number of nitrogens with zero attached hydrogens (tertiary/aromatic N) is 4. The molecule has 6 heteroatoms. The molecule has 1 aromatic carbocycles. The topological polar surface area (TPSA) is 80.0 Å². The van der Waals surface area contributed by atoms with Gasteiger partial charge in [-0.25, -0.2) is 0 Å². The molecule has 1 heterocycles. The first-order chi connectivity index (χ1) is 11.4. The lowest BCUT2D eigenvalue weighted by molar-refractivity contribution is 0.405. The summed E-state index contributed by atoms with van der Waals surface area (Å²) in [5.41, 5.74) is 8.41. The van der Waals surface area contributed by atoms with Crippen LogP contribution in [0.25, 0.3) is 0 Å². The van der Waals surface area contributed by atoms with Crippen molar-refractivity contribution in [2.45, 2.75) is 39.8 Å². The zero-order chi connectivity index (χ0) is 17.7. The van der Waals surface area contributed by atoms with Gasteiger partial charge in [0.05, 0.1) is 6.54 Å². The van der Waals surface area contributed by atoms with E-state index in [0.29, 0.717) is 24.2 Å². The smallest absolute Gasteiger partial charge is 0.229 e. The van der Waals surface area contributed by atoms with Gasteiger partial charge in [0.2, 0.25) is 11.9 Å². The van der Waals surface area contributed by atoms with Crippen molar-refractivity contribution >= 4 is 11.9 Å². The number of hydrogen-bond donors (Lipinski definition) is 2. The van der Waals surface area contributed by atoms with Crippen LogP contribution in [0.1, 0.15) is 43.8 Å². The first kappa shape index (κ1) is 18.1. The lowest BCUT2D eigenvalue weighted by Gasteiger charge is -2.23. The van der Waals surface area contributed by atoms with E-state index < -0.39 is 0 Å². The Morgan fingerprint density at radius 3 is 2.29 bits per heavy atom. The monoisotopic (exact) mass is 328 g/mol. The molecule has 24 heavy (non-hydrogen) atoms. The van der Waals surface area contributed by atoms with Crippen molar-refractivity contribution < 1.29 is 0 Å². The van der Waals surface area contributed by atoms with Gasteiger partial charge in [0.25, 0.3) is 0 Å². The number of benzene rings is 1. The average Bonchev–Trinajstić information content (AvgIpc) is 2.54. The first-order valence-electron chi connectivity index (χ1n) is 8.40. The Morgan fingerprint density at radius 2 is 1.75 bits per heavy atom. The Balaban J connectivity index is 2.14. The van der Waals surface area contributed by atoms with Crippen molar-refractivity contribution in [2.75, 3.05) is 24.7 Å². The molecule has 0 spiro atoms. The lowest BCUT2D eigenvalue weighted by Crippen LogP contribution is -2.27. The molecule has 0 saturated carbocycles. The highest BCUT2D eigenvalue weighted by molar-refractivity contribution is 5.32. The van der Waals surface area contributed by atoms with Crippen LogP contribution in [0.5, 0.6) is 0 Å². The maximum atomic E-state index is 5.79. The molecule has 0 bridgehead atoms. The van der Waals surface area contributed by atoms with Gasteiger partial charge in [-0.1, -0.05) is 45.0 Å². The van der Waals surface area contributed by atoms with Gasteiger partial charge < -0.3 is 16.0 Å². The van der Waals surface area contributed by atoms with E-state index in [0.717, 1.165) is 6.42 Å². The number of hydrogen-bond acceptors (Lipinski definition) is 6. The van der Waals surface area contributed by atoms with Crippen LogP contribution in [0.3, 0.4) is 0 Å². The average molecular weight is 328 g/mol. The van der Waals surface area contributed by atoms with E-state index >= 15 is 0 Å². The van der Waals surface area contributed by atoms with E-state index in [1.807, 2.05) is 19.0 Å². The fourth-order valence-electron chi connectivity index (χ4n) is 2.60. The molecule has 1 atom stereocenters. The fraction of sp³-hybridized carbons (Fsp3) is 0.500. The lowest BCUT2D eigenvalue weighted by atomic mass is 9.95. The SMILES string of the molecule is CCc1ccc([C@@H](NCc2nc(N)nc(N(C)C)n2)C(C)C)cc1. The maximum Gasteiger partial charge on any atom is 0.229 e. The highest BCUT2D eigenvalue weighted by atomic mass is 15.3. The van der Waals surface area contributed by atoms with E-state index in [1.165, 1.54) is 11.1 Å². The summed E-state index contributed by atoms with van der Waals surface area (Å²) in [6.07, 6.45) is 1.05. The van der Waals surface area contributed by atoms with Crippen molar-refractivity contribution in [1.29, 1.82) is 0 Å². The molecule has 130 valence electrons. The molecular formula is C18H28N6. The Labute approximate surface area is 144 Å². The molecule has 0 fully saturated rings. The van der Waals surface area contributed by atoms with E-state index in [2.05, 4.69) is 65.3 Å². The number of nitrogens with one attached hydrogen (secondary N) is 1. The first-order valence-corrected chi connectivity index (χ1v) is 8.40. The second-order valence-corrected chi connectivity index (χ2v) is 6.50. The van der Waals surface area contributed by atoms with Gasteiger partial charge in [0, 0.05) is 20.1 Å². The molecule has 0 amide bonds. The number of anilines is 2. The number of aryl methyl sites for hydroxylation is 1. The third-order valence-corrected chi connectivity index (χ3v) is 3.98. The predicted molar refractivity (Wildman–Crippen MR) is 98.8 cm³/mol. The van der Waals surface area contributed by atoms with Crippen molar-refractivity contribution in [1.82, 2.24) is 20.3 Å². The molecule has 0 radical (unpaired) electrons. The summed E-state index contributed by atoms with van der Waals surface area (Å²) in [4.78, 5) is 14.6. The third kappa shape index (κ3) is 4.64. The molecule has 2 aromatic rings. The maximum absolute atomic E-state index is 5.79. The number of nitrogen functional groups attached to an aromatic ring is 1. The van der Waals surface area contributed by atoms with Crippen LogP contribution in [0.2, 0.25) is 0 Å². The minimum Gasteiger partial charge on any atom is -0.368 e. The molecule has 1 aromatic heterocycles. The zero-order valence-corrected chi connectivity index (χ0v) is 15.2. The molecule has 0 aliphatic rings. The summed E-state index contributed by atoms with van der Waals surface area (Å²) >= 11 is 0. The van der Waals surface area contributed by atoms with E-state index in [4.69, 9.17) is 5.73 Å². The number of rotatable bonds is 7. The van der Waals surface area contributed by atoms with Gasteiger partial charge in [0.1, 0.15) is 5.82 Å². The Hall–Kier alpha value is -2.21. The van der Waals surface area contributed by atoms with E-state index in [-0.39, 0.29) is 12.0 Å². The quantitative estimate of drug-likeness (QED) is 0.813. The van der Waals surface area contributed by atoms with E-state index in [9.17, 15) is 0 Å². The highest BCUT2D eigenvalue weighted by Gasteiger charge is 2.16. The van der Waals surface area contributed by atoms with Crippen LogP contribution >= 0.6 is 0 Å². The van der Waals surface area contributed by atoms with Crippen LogP contribution in [0.15, 0.2) is 24.3 Å². The largest absolute Gasteiger partial charge is 0.368 e. The van der Waals surface area contributed by atoms with Gasteiger partial charge in [-0.05, 0) is 23.5 Å². The molecular weight excluding hydrogens is 300 g/mol. The molecule has 0 aliphatic heterocycles. The molecule has 0 aliphatic carbocycles. The third-order valence-electron chi connectivity index (χ3n) is 3.98. The Morgan fingerprint density at radius 1 is 1.08 bits per heavy atom. The number of aromatic nitrogens is 3. The highest BCUT2D eigenvalue weighted by Crippen LogP contribution is 2.22. The molecule has 3 N–H and O–H groups in total. The van der Waals surface area contributed by atoms with Gasteiger partial charge in [-0.15, -0.1) is 0 Å².